The monoisotopic (exact) mass is 260 g/mol. The van der Waals surface area contributed by atoms with Gasteiger partial charge in [0.1, 0.15) is 5.41 Å². The molecule has 3 heteroatoms. The van der Waals surface area contributed by atoms with Gasteiger partial charge < -0.3 is 4.74 Å². The Kier molecular flexibility index (Phi) is 3.74. The summed E-state index contributed by atoms with van der Waals surface area (Å²) in [5.41, 5.74) is 2.06. The summed E-state index contributed by atoms with van der Waals surface area (Å²) in [7, 11) is 1.31. The second-order valence-corrected chi connectivity index (χ2v) is 5.64. The Balaban J connectivity index is 2.32. The highest BCUT2D eigenvalue weighted by Gasteiger charge is 2.37. The van der Waals surface area contributed by atoms with Crippen LogP contribution in [0.3, 0.4) is 0 Å². The zero-order chi connectivity index (χ0) is 14.0. The smallest absolute Gasteiger partial charge is 0.319 e. The molecule has 0 fully saturated rings. The van der Waals surface area contributed by atoms with Crippen molar-refractivity contribution in [1.82, 2.24) is 0 Å². The van der Waals surface area contributed by atoms with Crippen LogP contribution in [0.5, 0.6) is 0 Å². The molecule has 0 N–H and O–H groups in total. The van der Waals surface area contributed by atoms with Crippen LogP contribution >= 0.6 is 0 Å². The molecule has 0 saturated carbocycles. The van der Waals surface area contributed by atoms with E-state index < -0.39 is 11.4 Å². The van der Waals surface area contributed by atoms with Crippen LogP contribution in [0.4, 0.5) is 0 Å². The Morgan fingerprint density at radius 1 is 1.11 bits per heavy atom. The van der Waals surface area contributed by atoms with E-state index in [1.807, 2.05) is 18.2 Å². The Morgan fingerprint density at radius 2 is 1.74 bits per heavy atom. The zero-order valence-corrected chi connectivity index (χ0v) is 11.8. The predicted molar refractivity (Wildman–Crippen MR) is 73.2 cm³/mol. The minimum Gasteiger partial charge on any atom is -0.468 e. The summed E-state index contributed by atoms with van der Waals surface area (Å²) in [6.45, 7) is 3.22. The summed E-state index contributed by atoms with van der Waals surface area (Å²) in [4.78, 5) is 24.1. The van der Waals surface area contributed by atoms with E-state index in [1.165, 1.54) is 31.1 Å². The molecule has 0 aromatic heterocycles. The molecule has 0 aliphatic heterocycles. The molecular weight excluding hydrogens is 240 g/mol. The normalized spacial score (nSPS) is 14.7. The number of esters is 1. The van der Waals surface area contributed by atoms with E-state index in [9.17, 15) is 9.59 Å². The van der Waals surface area contributed by atoms with Gasteiger partial charge in [0, 0.05) is 5.56 Å². The molecule has 19 heavy (non-hydrogen) atoms. The van der Waals surface area contributed by atoms with E-state index in [1.54, 1.807) is 13.8 Å². The summed E-state index contributed by atoms with van der Waals surface area (Å²) in [5.74, 6) is -0.664. The van der Waals surface area contributed by atoms with Gasteiger partial charge in [0.15, 0.2) is 5.78 Å². The molecule has 1 aromatic carbocycles. The number of rotatable bonds is 3. The van der Waals surface area contributed by atoms with Crippen LogP contribution in [0.25, 0.3) is 0 Å². The molecule has 0 unspecified atom stereocenters. The maximum absolute atomic E-state index is 12.5. The van der Waals surface area contributed by atoms with Crippen molar-refractivity contribution in [2.75, 3.05) is 7.11 Å². The van der Waals surface area contributed by atoms with Crippen molar-refractivity contribution < 1.29 is 14.3 Å². The minimum absolute atomic E-state index is 0.173. The summed E-state index contributed by atoms with van der Waals surface area (Å²) in [5, 5.41) is 0. The maximum Gasteiger partial charge on any atom is 0.319 e. The Morgan fingerprint density at radius 3 is 2.37 bits per heavy atom. The van der Waals surface area contributed by atoms with Gasteiger partial charge in [0.2, 0.25) is 0 Å². The first-order chi connectivity index (χ1) is 8.96. The van der Waals surface area contributed by atoms with Gasteiger partial charge in [-0.2, -0.15) is 0 Å². The Bertz CT molecular complexity index is 515. The molecular formula is C16H20O3. The fraction of sp³-hybridized carbons (Fsp3) is 0.500. The average Bonchev–Trinajstić information content (AvgIpc) is 2.44. The molecule has 2 rings (SSSR count). The van der Waals surface area contributed by atoms with Crippen molar-refractivity contribution in [2.45, 2.75) is 39.5 Å². The van der Waals surface area contributed by atoms with Crippen molar-refractivity contribution >= 4 is 11.8 Å². The van der Waals surface area contributed by atoms with Crippen LogP contribution in [-0.2, 0) is 22.4 Å². The highest BCUT2D eigenvalue weighted by Crippen LogP contribution is 2.27. The second kappa shape index (κ2) is 5.16. The molecule has 0 heterocycles. The van der Waals surface area contributed by atoms with Gasteiger partial charge in [0.05, 0.1) is 7.11 Å². The third kappa shape index (κ3) is 2.55. The SMILES string of the molecule is COC(=O)C(C)(C)C(=O)c1ccc2c(c1)CCCC2. The molecule has 0 radical (unpaired) electrons. The van der Waals surface area contributed by atoms with Gasteiger partial charge in [-0.15, -0.1) is 0 Å². The summed E-state index contributed by atoms with van der Waals surface area (Å²) in [6, 6.07) is 5.80. The van der Waals surface area contributed by atoms with Crippen molar-refractivity contribution in [1.29, 1.82) is 0 Å². The molecule has 0 bridgehead atoms. The molecule has 3 nitrogen and oxygen atoms in total. The van der Waals surface area contributed by atoms with E-state index >= 15 is 0 Å². The topological polar surface area (TPSA) is 43.4 Å². The summed E-state index contributed by atoms with van der Waals surface area (Å²) in [6.07, 6.45) is 4.50. The van der Waals surface area contributed by atoms with Crippen molar-refractivity contribution in [3.05, 3.63) is 34.9 Å². The van der Waals surface area contributed by atoms with Gasteiger partial charge in [0.25, 0.3) is 0 Å². The number of benzene rings is 1. The molecule has 0 saturated heterocycles. The zero-order valence-electron chi connectivity index (χ0n) is 11.8. The number of ketones is 1. The number of carbonyl (C=O) groups is 2. The van der Waals surface area contributed by atoms with Crippen LogP contribution in [-0.4, -0.2) is 18.9 Å². The number of ether oxygens (including phenoxy) is 1. The van der Waals surface area contributed by atoms with E-state index in [-0.39, 0.29) is 5.78 Å². The highest BCUT2D eigenvalue weighted by atomic mass is 16.5. The van der Waals surface area contributed by atoms with E-state index in [4.69, 9.17) is 4.74 Å². The number of hydrogen-bond acceptors (Lipinski definition) is 3. The first kappa shape index (κ1) is 13.8. The molecule has 1 aromatic rings. The van der Waals surface area contributed by atoms with Crippen molar-refractivity contribution in [3.8, 4) is 0 Å². The fourth-order valence-corrected chi connectivity index (χ4v) is 2.58. The predicted octanol–water partition coefficient (Wildman–Crippen LogP) is 2.95. The average molecular weight is 260 g/mol. The van der Waals surface area contributed by atoms with Crippen LogP contribution in [0.2, 0.25) is 0 Å². The number of methoxy groups -OCH3 is 1. The molecule has 1 aliphatic carbocycles. The number of Topliss-reactive ketones (excluding diaryl/α,β-unsaturated/α-hetero) is 1. The number of hydrogen-bond donors (Lipinski definition) is 0. The number of aryl methyl sites for hydroxylation is 2. The summed E-state index contributed by atoms with van der Waals surface area (Å²) < 4.78 is 4.71. The second-order valence-electron chi connectivity index (χ2n) is 5.64. The fourth-order valence-electron chi connectivity index (χ4n) is 2.58. The van der Waals surface area contributed by atoms with Crippen LogP contribution in [0.15, 0.2) is 18.2 Å². The van der Waals surface area contributed by atoms with E-state index in [0.29, 0.717) is 5.56 Å². The van der Waals surface area contributed by atoms with Gasteiger partial charge in [-0.1, -0.05) is 12.1 Å². The third-order valence-corrected chi connectivity index (χ3v) is 3.87. The minimum atomic E-state index is -1.13. The lowest BCUT2D eigenvalue weighted by Gasteiger charge is -2.22. The quantitative estimate of drug-likeness (QED) is 0.477. The molecule has 102 valence electrons. The number of fused-ring (bicyclic) bond motifs is 1. The van der Waals surface area contributed by atoms with E-state index in [0.717, 1.165) is 12.8 Å². The lowest BCUT2D eigenvalue weighted by Crippen LogP contribution is -2.34. The highest BCUT2D eigenvalue weighted by molar-refractivity contribution is 6.11. The van der Waals surface area contributed by atoms with Crippen LogP contribution < -0.4 is 0 Å². The molecule has 0 amide bonds. The van der Waals surface area contributed by atoms with Gasteiger partial charge in [-0.3, -0.25) is 9.59 Å². The lowest BCUT2D eigenvalue weighted by atomic mass is 9.82. The van der Waals surface area contributed by atoms with E-state index in [2.05, 4.69) is 0 Å². The maximum atomic E-state index is 12.5. The van der Waals surface area contributed by atoms with Crippen LogP contribution in [0.1, 0.15) is 48.2 Å². The lowest BCUT2D eigenvalue weighted by molar-refractivity contribution is -0.147. The standard InChI is InChI=1S/C16H20O3/c1-16(2,15(18)19-3)14(17)13-9-8-11-6-4-5-7-12(11)10-13/h8-10H,4-7H2,1-3H3. The summed E-state index contributed by atoms with van der Waals surface area (Å²) >= 11 is 0. The molecule has 1 aliphatic rings. The van der Waals surface area contributed by atoms with Gasteiger partial charge in [-0.25, -0.2) is 0 Å². The third-order valence-electron chi connectivity index (χ3n) is 3.87. The van der Waals surface area contributed by atoms with Crippen LogP contribution in [0, 0.1) is 5.41 Å². The van der Waals surface area contributed by atoms with Crippen molar-refractivity contribution in [2.24, 2.45) is 5.41 Å². The Labute approximate surface area is 114 Å². The Hall–Kier alpha value is -1.64. The van der Waals surface area contributed by atoms with Gasteiger partial charge in [-0.05, 0) is 56.7 Å². The van der Waals surface area contributed by atoms with Gasteiger partial charge >= 0.3 is 5.97 Å². The first-order valence-electron chi connectivity index (χ1n) is 6.72. The van der Waals surface area contributed by atoms with Crippen molar-refractivity contribution in [3.63, 3.8) is 0 Å². The largest absolute Gasteiger partial charge is 0.468 e. The molecule has 0 spiro atoms. The molecule has 0 atom stereocenters. The number of carbonyl (C=O) groups excluding carboxylic acids is 2. The first-order valence-corrected chi connectivity index (χ1v) is 6.72.